The summed E-state index contributed by atoms with van der Waals surface area (Å²) >= 11 is 0. The van der Waals surface area contributed by atoms with Crippen LogP contribution in [0.15, 0.2) is 0 Å². The van der Waals surface area contributed by atoms with E-state index in [1.165, 1.54) is 32.2 Å². The van der Waals surface area contributed by atoms with Crippen molar-refractivity contribution in [1.29, 1.82) is 0 Å². The highest BCUT2D eigenvalue weighted by atomic mass is 16.5. The molecule has 2 aliphatic rings. The zero-order valence-electron chi connectivity index (χ0n) is 7.01. The molecule has 1 saturated carbocycles. The Bertz CT molecular complexity index is 117. The molecule has 0 radical (unpaired) electrons. The van der Waals surface area contributed by atoms with Crippen molar-refractivity contribution in [1.82, 2.24) is 5.32 Å². The van der Waals surface area contributed by atoms with Crippen LogP contribution in [0.25, 0.3) is 0 Å². The molecule has 0 aromatic heterocycles. The lowest BCUT2D eigenvalue weighted by Gasteiger charge is -2.08. The molecule has 2 rings (SSSR count). The van der Waals surface area contributed by atoms with E-state index in [1.807, 2.05) is 0 Å². The molecule has 1 saturated heterocycles. The molecular formula is C9H17NO. The molecule has 0 spiro atoms. The van der Waals surface area contributed by atoms with E-state index in [0.717, 1.165) is 19.1 Å². The quantitative estimate of drug-likeness (QED) is 0.658. The van der Waals surface area contributed by atoms with Crippen molar-refractivity contribution < 1.29 is 4.74 Å². The smallest absolute Gasteiger partial charge is 0.0620 e. The molecule has 0 aromatic carbocycles. The molecule has 0 amide bonds. The molecule has 1 aliphatic carbocycles. The van der Waals surface area contributed by atoms with Crippen molar-refractivity contribution in [3.8, 4) is 0 Å². The van der Waals surface area contributed by atoms with Crippen molar-refractivity contribution >= 4 is 0 Å². The Kier molecular flexibility index (Phi) is 2.44. The lowest BCUT2D eigenvalue weighted by Crippen LogP contribution is -2.30. The maximum atomic E-state index is 5.27. The molecule has 1 N–H and O–H groups in total. The van der Waals surface area contributed by atoms with Crippen LogP contribution >= 0.6 is 0 Å². The van der Waals surface area contributed by atoms with Crippen LogP contribution in [-0.2, 0) is 4.74 Å². The molecular weight excluding hydrogens is 138 g/mol. The second-order valence-electron chi connectivity index (χ2n) is 3.75. The normalized spacial score (nSPS) is 31.1. The maximum Gasteiger partial charge on any atom is 0.0620 e. The third-order valence-electron chi connectivity index (χ3n) is 2.61. The second-order valence-corrected chi connectivity index (χ2v) is 3.75. The monoisotopic (exact) mass is 155 g/mol. The van der Waals surface area contributed by atoms with Gasteiger partial charge in [-0.1, -0.05) is 12.8 Å². The first-order valence-corrected chi connectivity index (χ1v) is 4.76. The molecule has 2 fully saturated rings. The van der Waals surface area contributed by atoms with E-state index in [4.69, 9.17) is 4.74 Å². The standard InChI is InChI=1S/C9H17NO/c1-2-8(1)3-5-10-9-4-6-11-7-9/h8-10H,1-7H2. The molecule has 1 aliphatic heterocycles. The van der Waals surface area contributed by atoms with E-state index in [2.05, 4.69) is 5.32 Å². The van der Waals surface area contributed by atoms with Crippen LogP contribution in [0.2, 0.25) is 0 Å². The third-order valence-corrected chi connectivity index (χ3v) is 2.61. The molecule has 0 aromatic rings. The molecule has 0 bridgehead atoms. The van der Waals surface area contributed by atoms with Gasteiger partial charge in [0.1, 0.15) is 0 Å². The highest BCUT2D eigenvalue weighted by molar-refractivity contribution is 4.76. The maximum absolute atomic E-state index is 5.27. The molecule has 2 heteroatoms. The van der Waals surface area contributed by atoms with Gasteiger partial charge >= 0.3 is 0 Å². The topological polar surface area (TPSA) is 21.3 Å². The summed E-state index contributed by atoms with van der Waals surface area (Å²) in [5.41, 5.74) is 0. The SMILES string of the molecule is C(CC1CC1)NC1CCOC1. The van der Waals surface area contributed by atoms with Gasteiger partial charge in [0.2, 0.25) is 0 Å². The van der Waals surface area contributed by atoms with Gasteiger partial charge in [-0.25, -0.2) is 0 Å². The summed E-state index contributed by atoms with van der Waals surface area (Å²) in [6.07, 6.45) is 5.55. The minimum atomic E-state index is 0.661. The lowest BCUT2D eigenvalue weighted by molar-refractivity contribution is 0.190. The lowest BCUT2D eigenvalue weighted by atomic mass is 10.2. The number of ether oxygens (including phenoxy) is 1. The zero-order valence-corrected chi connectivity index (χ0v) is 7.01. The summed E-state index contributed by atoms with van der Waals surface area (Å²) in [4.78, 5) is 0. The summed E-state index contributed by atoms with van der Waals surface area (Å²) in [5, 5.41) is 3.53. The van der Waals surface area contributed by atoms with Gasteiger partial charge in [-0.2, -0.15) is 0 Å². The van der Waals surface area contributed by atoms with Crippen molar-refractivity contribution in [2.75, 3.05) is 19.8 Å². The minimum absolute atomic E-state index is 0.661. The molecule has 11 heavy (non-hydrogen) atoms. The van der Waals surface area contributed by atoms with E-state index in [9.17, 15) is 0 Å². The number of rotatable bonds is 4. The predicted molar refractivity (Wildman–Crippen MR) is 44.6 cm³/mol. The van der Waals surface area contributed by atoms with Gasteiger partial charge in [-0.3, -0.25) is 0 Å². The summed E-state index contributed by atoms with van der Waals surface area (Å²) in [7, 11) is 0. The van der Waals surface area contributed by atoms with E-state index in [-0.39, 0.29) is 0 Å². The Hall–Kier alpha value is -0.0800. The van der Waals surface area contributed by atoms with E-state index < -0.39 is 0 Å². The van der Waals surface area contributed by atoms with Crippen LogP contribution in [0.5, 0.6) is 0 Å². The van der Waals surface area contributed by atoms with E-state index >= 15 is 0 Å². The molecule has 1 unspecified atom stereocenters. The fourth-order valence-electron chi connectivity index (χ4n) is 1.59. The average Bonchev–Trinajstić information content (AvgIpc) is 2.66. The van der Waals surface area contributed by atoms with Gasteiger partial charge in [0.25, 0.3) is 0 Å². The van der Waals surface area contributed by atoms with Crippen molar-refractivity contribution in [3.63, 3.8) is 0 Å². The van der Waals surface area contributed by atoms with Crippen molar-refractivity contribution in [2.24, 2.45) is 5.92 Å². The van der Waals surface area contributed by atoms with Gasteiger partial charge in [0.15, 0.2) is 0 Å². The third kappa shape index (κ3) is 2.46. The van der Waals surface area contributed by atoms with Gasteiger partial charge in [0.05, 0.1) is 6.61 Å². The van der Waals surface area contributed by atoms with Crippen molar-refractivity contribution in [2.45, 2.75) is 31.7 Å². The fourth-order valence-corrected chi connectivity index (χ4v) is 1.59. The molecule has 64 valence electrons. The molecule has 2 nitrogen and oxygen atoms in total. The van der Waals surface area contributed by atoms with E-state index in [1.54, 1.807) is 0 Å². The van der Waals surface area contributed by atoms with Crippen LogP contribution in [-0.4, -0.2) is 25.8 Å². The van der Waals surface area contributed by atoms with Crippen LogP contribution in [0.3, 0.4) is 0 Å². The highest BCUT2D eigenvalue weighted by Gasteiger charge is 2.21. The fraction of sp³-hybridized carbons (Fsp3) is 1.00. The highest BCUT2D eigenvalue weighted by Crippen LogP contribution is 2.31. The summed E-state index contributed by atoms with van der Waals surface area (Å²) in [6, 6.07) is 0.661. The van der Waals surface area contributed by atoms with Crippen LogP contribution in [0, 0.1) is 5.92 Å². The first-order valence-electron chi connectivity index (χ1n) is 4.76. The Morgan fingerprint density at radius 3 is 2.82 bits per heavy atom. The number of nitrogens with one attached hydrogen (secondary N) is 1. The molecule has 1 heterocycles. The first-order chi connectivity index (χ1) is 5.45. The predicted octanol–water partition coefficient (Wildman–Crippen LogP) is 1.17. The number of hydrogen-bond donors (Lipinski definition) is 1. The van der Waals surface area contributed by atoms with Crippen LogP contribution in [0.1, 0.15) is 25.7 Å². The van der Waals surface area contributed by atoms with E-state index in [0.29, 0.717) is 6.04 Å². The summed E-state index contributed by atoms with van der Waals surface area (Å²) in [6.45, 7) is 3.10. The van der Waals surface area contributed by atoms with Gasteiger partial charge in [0, 0.05) is 12.6 Å². The summed E-state index contributed by atoms with van der Waals surface area (Å²) < 4.78 is 5.27. The Morgan fingerprint density at radius 1 is 1.27 bits per heavy atom. The van der Waals surface area contributed by atoms with Crippen LogP contribution < -0.4 is 5.32 Å². The Balaban J connectivity index is 1.51. The Morgan fingerprint density at radius 2 is 2.18 bits per heavy atom. The summed E-state index contributed by atoms with van der Waals surface area (Å²) in [5.74, 6) is 1.06. The van der Waals surface area contributed by atoms with Gasteiger partial charge in [-0.05, 0) is 25.3 Å². The van der Waals surface area contributed by atoms with Gasteiger partial charge < -0.3 is 10.1 Å². The average molecular weight is 155 g/mol. The van der Waals surface area contributed by atoms with Crippen molar-refractivity contribution in [3.05, 3.63) is 0 Å². The largest absolute Gasteiger partial charge is 0.380 e. The van der Waals surface area contributed by atoms with Gasteiger partial charge in [-0.15, -0.1) is 0 Å². The molecule has 1 atom stereocenters. The second kappa shape index (κ2) is 3.55. The Labute approximate surface area is 68.3 Å². The minimum Gasteiger partial charge on any atom is -0.380 e. The zero-order chi connectivity index (χ0) is 7.52. The first kappa shape index (κ1) is 7.56. The van der Waals surface area contributed by atoms with Crippen LogP contribution in [0.4, 0.5) is 0 Å². The number of hydrogen-bond acceptors (Lipinski definition) is 2.